The van der Waals surface area contributed by atoms with Crippen molar-refractivity contribution in [1.29, 1.82) is 0 Å². The first-order valence-electron chi connectivity index (χ1n) is 7.17. The van der Waals surface area contributed by atoms with Gasteiger partial charge in [0, 0.05) is 18.3 Å². The van der Waals surface area contributed by atoms with E-state index in [4.69, 9.17) is 27.9 Å². The molecule has 0 saturated carbocycles. The molecule has 0 saturated heterocycles. The molecule has 3 rings (SSSR count). The first-order valence-corrected chi connectivity index (χ1v) is 10.2. The number of nitrogens with zero attached hydrogens (tertiary/aromatic N) is 3. The van der Waals surface area contributed by atoms with Gasteiger partial charge in [-0.2, -0.15) is 0 Å². The fraction of sp³-hybridized carbons (Fsp3) is 0.133. The molecule has 3 heterocycles. The van der Waals surface area contributed by atoms with Crippen LogP contribution in [0.3, 0.4) is 0 Å². The molecule has 136 valence electrons. The smallest absolute Gasteiger partial charge is 0.253 e. The van der Waals surface area contributed by atoms with Crippen LogP contribution in [-0.4, -0.2) is 30.5 Å². The zero-order valence-electron chi connectivity index (χ0n) is 13.3. The van der Waals surface area contributed by atoms with Crippen LogP contribution < -0.4 is 9.46 Å². The Labute approximate surface area is 164 Å². The predicted octanol–water partition coefficient (Wildman–Crippen LogP) is 3.39. The highest BCUT2D eigenvalue weighted by Crippen LogP contribution is 2.30. The molecule has 26 heavy (non-hydrogen) atoms. The number of nitrogens with one attached hydrogen (secondary N) is 1. The van der Waals surface area contributed by atoms with Crippen LogP contribution in [-0.2, 0) is 16.6 Å². The average molecular weight is 431 g/mol. The molecule has 0 aliphatic carbocycles. The first kappa shape index (κ1) is 19.0. The van der Waals surface area contributed by atoms with Crippen molar-refractivity contribution in [3.63, 3.8) is 0 Å². The molecular formula is C15H12Cl2N4O3S2. The highest BCUT2D eigenvalue weighted by molar-refractivity contribution is 7.91. The fourth-order valence-corrected chi connectivity index (χ4v) is 5.14. The van der Waals surface area contributed by atoms with Gasteiger partial charge in [0.25, 0.3) is 10.0 Å². The van der Waals surface area contributed by atoms with Gasteiger partial charge in [-0.25, -0.2) is 23.1 Å². The summed E-state index contributed by atoms with van der Waals surface area (Å²) in [4.78, 5) is 12.4. The number of rotatable bonds is 6. The minimum atomic E-state index is -3.87. The Hall–Kier alpha value is -1.78. The number of sulfonamides is 1. The number of hydrogen-bond donors (Lipinski definition) is 1. The van der Waals surface area contributed by atoms with Crippen LogP contribution in [0.2, 0.25) is 9.62 Å². The van der Waals surface area contributed by atoms with Gasteiger partial charge in [-0.05, 0) is 12.1 Å². The average Bonchev–Trinajstić information content (AvgIpc) is 2.99. The molecule has 11 heteroatoms. The summed E-state index contributed by atoms with van der Waals surface area (Å²) in [5.74, 6) is 0.536. The van der Waals surface area contributed by atoms with E-state index in [9.17, 15) is 8.42 Å². The van der Waals surface area contributed by atoms with E-state index in [-0.39, 0.29) is 20.4 Å². The Morgan fingerprint density at radius 1 is 1.19 bits per heavy atom. The third-order valence-electron chi connectivity index (χ3n) is 3.23. The van der Waals surface area contributed by atoms with Gasteiger partial charge in [0.15, 0.2) is 13.8 Å². The number of hydrogen-bond acceptors (Lipinski definition) is 7. The Balaban J connectivity index is 1.87. The van der Waals surface area contributed by atoms with Crippen LogP contribution in [0.15, 0.2) is 40.7 Å². The maximum Gasteiger partial charge on any atom is 0.253 e. The van der Waals surface area contributed by atoms with Gasteiger partial charge < -0.3 is 4.74 Å². The van der Waals surface area contributed by atoms with Gasteiger partial charge in [0.1, 0.15) is 5.75 Å². The second-order valence-electron chi connectivity index (χ2n) is 4.97. The standard InChI is InChI=1S/C15H12Cl2N4O3S2/c1-24-10-6-9(20-12(7-10)11-4-2-3-5-18-11)8-19-26(22,23)14-13(16)21-15(17)25-14/h2-7,19H,8H2,1H3. The minimum Gasteiger partial charge on any atom is -0.497 e. The maximum atomic E-state index is 12.4. The van der Waals surface area contributed by atoms with Gasteiger partial charge in [-0.1, -0.05) is 40.6 Å². The number of thiazole rings is 1. The molecule has 0 aromatic carbocycles. The summed E-state index contributed by atoms with van der Waals surface area (Å²) >= 11 is 12.3. The lowest BCUT2D eigenvalue weighted by atomic mass is 10.2. The summed E-state index contributed by atoms with van der Waals surface area (Å²) in [5, 5.41) is -0.166. The lowest BCUT2D eigenvalue weighted by Gasteiger charge is -2.09. The lowest BCUT2D eigenvalue weighted by molar-refractivity contribution is 0.413. The largest absolute Gasteiger partial charge is 0.497 e. The molecule has 0 amide bonds. The molecule has 0 radical (unpaired) electrons. The van der Waals surface area contributed by atoms with Gasteiger partial charge in [0.05, 0.1) is 30.7 Å². The van der Waals surface area contributed by atoms with E-state index in [1.165, 1.54) is 7.11 Å². The van der Waals surface area contributed by atoms with E-state index >= 15 is 0 Å². The van der Waals surface area contributed by atoms with Crippen molar-refractivity contribution < 1.29 is 13.2 Å². The van der Waals surface area contributed by atoms with E-state index in [0.717, 1.165) is 11.3 Å². The summed E-state index contributed by atoms with van der Waals surface area (Å²) in [5.41, 5.74) is 1.67. The summed E-state index contributed by atoms with van der Waals surface area (Å²) in [6.07, 6.45) is 1.65. The van der Waals surface area contributed by atoms with Gasteiger partial charge in [0.2, 0.25) is 0 Å². The zero-order valence-corrected chi connectivity index (χ0v) is 16.5. The second kappa shape index (κ2) is 7.85. The summed E-state index contributed by atoms with van der Waals surface area (Å²) in [6, 6.07) is 8.79. The van der Waals surface area contributed by atoms with Gasteiger partial charge >= 0.3 is 0 Å². The molecule has 3 aromatic heterocycles. The summed E-state index contributed by atoms with van der Waals surface area (Å²) in [6.45, 7) is -0.0643. The van der Waals surface area contributed by atoms with Crippen molar-refractivity contribution in [2.75, 3.05) is 7.11 Å². The Bertz CT molecular complexity index is 1030. The van der Waals surface area contributed by atoms with Crippen LogP contribution in [0.25, 0.3) is 11.4 Å². The molecule has 0 spiro atoms. The zero-order chi connectivity index (χ0) is 18.7. The van der Waals surface area contributed by atoms with E-state index in [1.54, 1.807) is 30.5 Å². The molecule has 0 aliphatic rings. The minimum absolute atomic E-state index is 0.0484. The second-order valence-corrected chi connectivity index (χ2v) is 8.87. The molecule has 0 atom stereocenters. The van der Waals surface area contributed by atoms with Crippen LogP contribution in [0.4, 0.5) is 0 Å². The Morgan fingerprint density at radius 2 is 2.00 bits per heavy atom. The van der Waals surface area contributed by atoms with Crippen molar-refractivity contribution in [2.24, 2.45) is 0 Å². The molecule has 7 nitrogen and oxygen atoms in total. The van der Waals surface area contributed by atoms with Crippen molar-refractivity contribution in [3.05, 3.63) is 51.8 Å². The topological polar surface area (TPSA) is 94.1 Å². The summed E-state index contributed by atoms with van der Waals surface area (Å²) < 4.78 is 32.4. The van der Waals surface area contributed by atoms with Crippen molar-refractivity contribution in [1.82, 2.24) is 19.7 Å². The third kappa shape index (κ3) is 4.30. The van der Waals surface area contributed by atoms with Gasteiger partial charge in [-0.3, -0.25) is 4.98 Å². The molecule has 3 aromatic rings. The van der Waals surface area contributed by atoms with Crippen molar-refractivity contribution >= 4 is 44.6 Å². The maximum absolute atomic E-state index is 12.4. The number of methoxy groups -OCH3 is 1. The molecular weight excluding hydrogens is 419 g/mol. The number of ether oxygens (including phenoxy) is 1. The van der Waals surface area contributed by atoms with E-state index in [0.29, 0.717) is 22.8 Å². The SMILES string of the molecule is COc1cc(CNS(=O)(=O)c2sc(Cl)nc2Cl)nc(-c2ccccn2)c1. The first-order chi connectivity index (χ1) is 12.4. The highest BCUT2D eigenvalue weighted by Gasteiger charge is 2.23. The fourth-order valence-electron chi connectivity index (χ4n) is 2.08. The number of aromatic nitrogens is 3. The lowest BCUT2D eigenvalue weighted by Crippen LogP contribution is -2.23. The molecule has 0 fully saturated rings. The van der Waals surface area contributed by atoms with Crippen LogP contribution in [0.5, 0.6) is 5.75 Å². The predicted molar refractivity (Wildman–Crippen MR) is 100 cm³/mol. The van der Waals surface area contributed by atoms with Crippen LogP contribution in [0.1, 0.15) is 5.69 Å². The van der Waals surface area contributed by atoms with Crippen molar-refractivity contribution in [3.8, 4) is 17.1 Å². The third-order valence-corrected chi connectivity index (χ3v) is 6.80. The number of halogens is 2. The van der Waals surface area contributed by atoms with E-state index in [1.807, 2.05) is 6.07 Å². The quantitative estimate of drug-likeness (QED) is 0.643. The van der Waals surface area contributed by atoms with E-state index in [2.05, 4.69) is 19.7 Å². The molecule has 0 aliphatic heterocycles. The van der Waals surface area contributed by atoms with Gasteiger partial charge in [-0.15, -0.1) is 0 Å². The Morgan fingerprint density at radius 3 is 2.62 bits per heavy atom. The highest BCUT2D eigenvalue weighted by atomic mass is 35.5. The van der Waals surface area contributed by atoms with E-state index < -0.39 is 10.0 Å². The molecule has 0 bridgehead atoms. The monoisotopic (exact) mass is 430 g/mol. The van der Waals surface area contributed by atoms with Crippen molar-refractivity contribution in [2.45, 2.75) is 10.8 Å². The normalized spacial score (nSPS) is 11.5. The Kier molecular flexibility index (Phi) is 5.73. The summed E-state index contributed by atoms with van der Waals surface area (Å²) in [7, 11) is -2.35. The number of pyridine rings is 2. The van der Waals surface area contributed by atoms with Crippen LogP contribution >= 0.6 is 34.5 Å². The van der Waals surface area contributed by atoms with Crippen LogP contribution in [0, 0.1) is 0 Å². The molecule has 0 unspecified atom stereocenters. The molecule has 1 N–H and O–H groups in total.